The fraction of sp³-hybridized carbons (Fsp3) is 0.542. The molecule has 4 aliphatic rings. The van der Waals surface area contributed by atoms with E-state index in [1.165, 1.54) is 12.1 Å². The number of halogens is 1. The molecule has 1 spiro atoms. The minimum absolute atomic E-state index is 0.0113. The molecule has 8 heteroatoms. The van der Waals surface area contributed by atoms with Crippen LogP contribution in [0.1, 0.15) is 39.2 Å². The van der Waals surface area contributed by atoms with E-state index in [-0.39, 0.29) is 36.1 Å². The van der Waals surface area contributed by atoms with Crippen LogP contribution in [0.2, 0.25) is 0 Å². The Labute approximate surface area is 186 Å². The highest BCUT2D eigenvalue weighted by Crippen LogP contribution is 2.57. The van der Waals surface area contributed by atoms with E-state index in [0.717, 1.165) is 18.4 Å². The van der Waals surface area contributed by atoms with Crippen molar-refractivity contribution in [1.29, 1.82) is 0 Å². The maximum atomic E-state index is 13.6. The van der Waals surface area contributed by atoms with E-state index in [0.29, 0.717) is 0 Å². The summed E-state index contributed by atoms with van der Waals surface area (Å²) in [7, 11) is 0. The zero-order valence-electron chi connectivity index (χ0n) is 18.4. The smallest absolute Gasteiger partial charge is 0.246 e. The zero-order chi connectivity index (χ0) is 22.8. The third kappa shape index (κ3) is 3.32. The number of likely N-dealkylation sites (tertiary alicyclic amines) is 1. The Balaban J connectivity index is 1.41. The Morgan fingerprint density at radius 2 is 1.88 bits per heavy atom. The largest absolute Gasteiger partial charge is 0.359 e. The summed E-state index contributed by atoms with van der Waals surface area (Å²) < 4.78 is 19.4. The number of nitrogens with one attached hydrogen (secondary N) is 2. The van der Waals surface area contributed by atoms with Crippen LogP contribution in [0, 0.1) is 17.7 Å². The van der Waals surface area contributed by atoms with Gasteiger partial charge in [-0.3, -0.25) is 14.4 Å². The Morgan fingerprint density at radius 1 is 1.19 bits per heavy atom. The lowest BCUT2D eigenvalue weighted by Gasteiger charge is -2.34. The van der Waals surface area contributed by atoms with Crippen molar-refractivity contribution in [1.82, 2.24) is 15.5 Å². The van der Waals surface area contributed by atoms with Crippen LogP contribution >= 0.6 is 0 Å². The van der Waals surface area contributed by atoms with Crippen molar-refractivity contribution in [3.63, 3.8) is 0 Å². The van der Waals surface area contributed by atoms with Gasteiger partial charge >= 0.3 is 0 Å². The van der Waals surface area contributed by atoms with Gasteiger partial charge in [-0.2, -0.15) is 0 Å². The minimum Gasteiger partial charge on any atom is -0.359 e. The van der Waals surface area contributed by atoms with Gasteiger partial charge in [-0.1, -0.05) is 24.3 Å². The van der Waals surface area contributed by atoms with Crippen LogP contribution in [-0.4, -0.2) is 51.9 Å². The highest BCUT2D eigenvalue weighted by molar-refractivity contribution is 6.00. The molecule has 1 aliphatic carbocycles. The van der Waals surface area contributed by atoms with Crippen LogP contribution in [-0.2, 0) is 25.7 Å². The minimum atomic E-state index is -1.13. The lowest BCUT2D eigenvalue weighted by molar-refractivity contribution is -0.143. The Kier molecular flexibility index (Phi) is 4.71. The van der Waals surface area contributed by atoms with Crippen molar-refractivity contribution in [2.45, 2.75) is 69.5 Å². The molecule has 1 aromatic carbocycles. The number of fused-ring (bicyclic) bond motifs is 1. The second-order valence-corrected chi connectivity index (χ2v) is 10.3. The number of hydrogen-bond acceptors (Lipinski definition) is 4. The molecule has 3 amide bonds. The number of amides is 3. The molecule has 7 nitrogen and oxygen atoms in total. The van der Waals surface area contributed by atoms with Crippen LogP contribution in [0.3, 0.4) is 0 Å². The monoisotopic (exact) mass is 441 g/mol. The third-order valence-corrected chi connectivity index (χ3v) is 6.68. The van der Waals surface area contributed by atoms with Crippen LogP contribution in [0.25, 0.3) is 0 Å². The van der Waals surface area contributed by atoms with E-state index >= 15 is 0 Å². The van der Waals surface area contributed by atoms with Gasteiger partial charge in [0, 0.05) is 18.1 Å². The molecule has 2 bridgehead atoms. The number of nitrogens with zero attached hydrogens (tertiary/aromatic N) is 1. The number of carbonyl (C=O) groups excluding carboxylic acids is 3. The van der Waals surface area contributed by atoms with Gasteiger partial charge in [0.05, 0.1) is 17.9 Å². The molecule has 3 fully saturated rings. The molecule has 32 heavy (non-hydrogen) atoms. The topological polar surface area (TPSA) is 87.7 Å². The second kappa shape index (κ2) is 7.13. The van der Waals surface area contributed by atoms with Crippen molar-refractivity contribution in [2.75, 3.05) is 0 Å². The number of ether oxygens (including phenoxy) is 1. The first-order chi connectivity index (χ1) is 15.1. The SMILES string of the molecule is CC(C)(C)NC(=O)C1N(C2CC2)C(=O)C2C(C(=O)NCc3ccc(F)cc3)C3C=CC21O3. The van der Waals surface area contributed by atoms with Crippen molar-refractivity contribution >= 4 is 17.7 Å². The Bertz CT molecular complexity index is 997. The molecule has 0 radical (unpaired) electrons. The predicted octanol–water partition coefficient (Wildman–Crippen LogP) is 1.67. The first-order valence-electron chi connectivity index (χ1n) is 11.1. The van der Waals surface area contributed by atoms with E-state index in [9.17, 15) is 18.8 Å². The molecule has 1 saturated carbocycles. The summed E-state index contributed by atoms with van der Waals surface area (Å²) in [5.41, 5.74) is -0.831. The lowest BCUT2D eigenvalue weighted by Crippen LogP contribution is -2.58. The summed E-state index contributed by atoms with van der Waals surface area (Å²) in [6, 6.07) is 5.12. The van der Waals surface area contributed by atoms with Crippen molar-refractivity contribution < 1.29 is 23.5 Å². The van der Waals surface area contributed by atoms with E-state index in [2.05, 4.69) is 10.6 Å². The Hall–Kier alpha value is -2.74. The normalized spacial score (nSPS) is 32.9. The van der Waals surface area contributed by atoms with Gasteiger partial charge in [-0.05, 0) is 51.3 Å². The highest BCUT2D eigenvalue weighted by Gasteiger charge is 2.74. The maximum Gasteiger partial charge on any atom is 0.246 e. The number of carbonyl (C=O) groups is 3. The number of rotatable bonds is 5. The average molecular weight is 442 g/mol. The first-order valence-corrected chi connectivity index (χ1v) is 11.1. The van der Waals surface area contributed by atoms with Gasteiger partial charge in [0.1, 0.15) is 17.5 Å². The Morgan fingerprint density at radius 3 is 2.50 bits per heavy atom. The van der Waals surface area contributed by atoms with E-state index in [1.54, 1.807) is 23.1 Å². The van der Waals surface area contributed by atoms with Crippen LogP contribution in [0.15, 0.2) is 36.4 Å². The molecule has 0 aromatic heterocycles. The average Bonchev–Trinajstić information content (AvgIpc) is 3.31. The maximum absolute atomic E-state index is 13.6. The van der Waals surface area contributed by atoms with Crippen molar-refractivity contribution in [3.8, 4) is 0 Å². The summed E-state index contributed by atoms with van der Waals surface area (Å²) in [6.45, 7) is 5.91. The predicted molar refractivity (Wildman–Crippen MR) is 114 cm³/mol. The van der Waals surface area contributed by atoms with Gasteiger partial charge < -0.3 is 20.3 Å². The summed E-state index contributed by atoms with van der Waals surface area (Å²) in [4.78, 5) is 41.8. The standard InChI is InChI=1S/C24H28FN3O4/c1-23(2,3)27-21(30)19-24-11-10-16(32-24)17(18(24)22(31)28(19)15-8-9-15)20(29)26-12-13-4-6-14(25)7-5-13/h4-7,10-11,15-19H,8-9,12H2,1-3H3,(H,26,29)(H,27,30). The summed E-state index contributed by atoms with van der Waals surface area (Å²) >= 11 is 0. The summed E-state index contributed by atoms with van der Waals surface area (Å²) in [5, 5.41) is 5.87. The zero-order valence-corrected chi connectivity index (χ0v) is 18.4. The second-order valence-electron chi connectivity index (χ2n) is 10.3. The van der Waals surface area contributed by atoms with Gasteiger partial charge in [-0.15, -0.1) is 0 Å². The molecule has 5 unspecified atom stereocenters. The lowest BCUT2D eigenvalue weighted by atomic mass is 9.74. The molecule has 3 aliphatic heterocycles. The van der Waals surface area contributed by atoms with E-state index < -0.39 is 35.1 Å². The van der Waals surface area contributed by atoms with Crippen LogP contribution in [0.5, 0.6) is 0 Å². The van der Waals surface area contributed by atoms with Gasteiger partial charge in [0.15, 0.2) is 0 Å². The molecule has 5 rings (SSSR count). The van der Waals surface area contributed by atoms with Crippen molar-refractivity contribution in [2.24, 2.45) is 11.8 Å². The molecular formula is C24H28FN3O4. The van der Waals surface area contributed by atoms with E-state index in [4.69, 9.17) is 4.74 Å². The van der Waals surface area contributed by atoms with Crippen molar-refractivity contribution in [3.05, 3.63) is 47.8 Å². The molecule has 5 atom stereocenters. The number of hydrogen-bond donors (Lipinski definition) is 2. The molecule has 3 heterocycles. The van der Waals surface area contributed by atoms with Crippen LogP contribution in [0.4, 0.5) is 4.39 Å². The molecular weight excluding hydrogens is 413 g/mol. The molecule has 2 N–H and O–H groups in total. The highest BCUT2D eigenvalue weighted by atomic mass is 19.1. The molecule has 1 aromatic rings. The quantitative estimate of drug-likeness (QED) is 0.681. The first kappa shape index (κ1) is 21.1. The molecule has 2 saturated heterocycles. The fourth-order valence-corrected chi connectivity index (χ4v) is 5.30. The summed E-state index contributed by atoms with van der Waals surface area (Å²) in [5.74, 6) is -2.52. The van der Waals surface area contributed by atoms with Crippen LogP contribution < -0.4 is 10.6 Å². The van der Waals surface area contributed by atoms with Gasteiger partial charge in [-0.25, -0.2) is 4.39 Å². The van der Waals surface area contributed by atoms with E-state index in [1.807, 2.05) is 26.8 Å². The number of benzene rings is 1. The molecule has 170 valence electrons. The third-order valence-electron chi connectivity index (χ3n) is 6.68. The summed E-state index contributed by atoms with van der Waals surface area (Å²) in [6.07, 6.45) is 4.77. The fourth-order valence-electron chi connectivity index (χ4n) is 5.30. The van der Waals surface area contributed by atoms with Gasteiger partial charge in [0.2, 0.25) is 17.7 Å². The van der Waals surface area contributed by atoms with Gasteiger partial charge in [0.25, 0.3) is 0 Å².